The second-order valence-electron chi connectivity index (χ2n) is 11.1. The summed E-state index contributed by atoms with van der Waals surface area (Å²) in [6, 6.07) is 10.1. The predicted octanol–water partition coefficient (Wildman–Crippen LogP) is 3.84. The minimum absolute atomic E-state index is 0.0576. The number of hydrogen-bond acceptors (Lipinski definition) is 9. The SMILES string of the molecule is [2H]c1c([2H])n([C@@H]2O[C@H](COP(=O)(NC(CC(C)C)C(=O)OC(C)C)Oc3cccc4ccccc34)[C@@H](O)[C@@]2(C)F)c(=O)[nH]c1=O. The van der Waals surface area contributed by atoms with Gasteiger partial charge in [0.05, 0.1) is 15.5 Å². The number of carbonyl (C=O) groups excluding carboxylic acids is 1. The number of halogens is 1. The largest absolute Gasteiger partial charge is 0.462 e. The first-order valence-electron chi connectivity index (χ1n) is 14.8. The van der Waals surface area contributed by atoms with Crippen LogP contribution in [-0.2, 0) is 23.4 Å². The van der Waals surface area contributed by atoms with Crippen LogP contribution in [0.1, 0.15) is 50.0 Å². The smallest absolute Gasteiger partial charge is 0.459 e. The molecule has 0 aliphatic carbocycles. The molecule has 0 amide bonds. The maximum Gasteiger partial charge on any atom is 0.459 e. The zero-order valence-electron chi connectivity index (χ0n) is 26.4. The Morgan fingerprint density at radius 2 is 1.93 bits per heavy atom. The summed E-state index contributed by atoms with van der Waals surface area (Å²) in [6.07, 6.45) is -6.74. The molecule has 3 N–H and O–H groups in total. The summed E-state index contributed by atoms with van der Waals surface area (Å²) < 4.78 is 69.2. The predicted molar refractivity (Wildman–Crippen MR) is 156 cm³/mol. The van der Waals surface area contributed by atoms with E-state index in [4.69, 9.17) is 21.3 Å². The number of H-pyrrole nitrogens is 1. The lowest BCUT2D eigenvalue weighted by Gasteiger charge is -2.27. The molecule has 4 rings (SSSR count). The van der Waals surface area contributed by atoms with Crippen LogP contribution in [0.4, 0.5) is 4.39 Å². The molecular formula is C29H37FN3O9P. The van der Waals surface area contributed by atoms with Crippen LogP contribution < -0.4 is 20.9 Å². The molecular weight excluding hydrogens is 584 g/mol. The van der Waals surface area contributed by atoms with Crippen molar-refractivity contribution < 1.29 is 40.1 Å². The van der Waals surface area contributed by atoms with Crippen LogP contribution in [0.2, 0.25) is 0 Å². The van der Waals surface area contributed by atoms with E-state index in [0.29, 0.717) is 9.95 Å². The van der Waals surface area contributed by atoms with Crippen molar-refractivity contribution in [2.75, 3.05) is 6.61 Å². The van der Waals surface area contributed by atoms with E-state index in [0.717, 1.165) is 12.3 Å². The zero-order chi connectivity index (χ0) is 33.3. The molecule has 2 unspecified atom stereocenters. The summed E-state index contributed by atoms with van der Waals surface area (Å²) >= 11 is 0. The van der Waals surface area contributed by atoms with Gasteiger partial charge in [-0.15, -0.1) is 0 Å². The van der Waals surface area contributed by atoms with E-state index in [9.17, 15) is 24.1 Å². The number of hydrogen-bond donors (Lipinski definition) is 3. The van der Waals surface area contributed by atoms with Crippen LogP contribution >= 0.6 is 7.75 Å². The van der Waals surface area contributed by atoms with E-state index < -0.39 is 80.0 Å². The Hall–Kier alpha value is -3.35. The highest BCUT2D eigenvalue weighted by molar-refractivity contribution is 7.52. The number of carbonyl (C=O) groups is 1. The van der Waals surface area contributed by atoms with Gasteiger partial charge in [-0.2, -0.15) is 5.09 Å². The van der Waals surface area contributed by atoms with Gasteiger partial charge in [-0.1, -0.05) is 50.2 Å². The lowest BCUT2D eigenvalue weighted by atomic mass is 9.98. The van der Waals surface area contributed by atoms with Crippen molar-refractivity contribution in [3.05, 3.63) is 75.5 Å². The number of benzene rings is 2. The molecule has 1 aliphatic rings. The number of nitrogens with zero attached hydrogens (tertiary/aromatic N) is 1. The van der Waals surface area contributed by atoms with Gasteiger partial charge in [-0.05, 0) is 44.6 Å². The summed E-state index contributed by atoms with van der Waals surface area (Å²) in [5.74, 6) is -0.616. The third kappa shape index (κ3) is 7.60. The molecule has 1 fully saturated rings. The highest BCUT2D eigenvalue weighted by atomic mass is 31.2. The number of aliphatic hydroxyl groups excluding tert-OH is 1. The van der Waals surface area contributed by atoms with E-state index in [2.05, 4.69) is 5.09 Å². The molecule has 0 bridgehead atoms. The van der Waals surface area contributed by atoms with Crippen molar-refractivity contribution in [3.8, 4) is 5.75 Å². The monoisotopic (exact) mass is 623 g/mol. The molecule has 2 heterocycles. The molecule has 12 nitrogen and oxygen atoms in total. The van der Waals surface area contributed by atoms with Gasteiger partial charge in [0.25, 0.3) is 5.56 Å². The zero-order valence-corrected chi connectivity index (χ0v) is 25.3. The fourth-order valence-electron chi connectivity index (χ4n) is 4.69. The molecule has 6 atom stereocenters. The number of rotatable bonds is 12. The molecule has 43 heavy (non-hydrogen) atoms. The summed E-state index contributed by atoms with van der Waals surface area (Å²) in [6.45, 7) is 7.17. The van der Waals surface area contributed by atoms with Gasteiger partial charge in [0.2, 0.25) is 0 Å². The van der Waals surface area contributed by atoms with Crippen LogP contribution in [-0.4, -0.2) is 57.3 Å². The number of aromatic nitrogens is 2. The summed E-state index contributed by atoms with van der Waals surface area (Å²) in [5.41, 5.74) is -5.10. The van der Waals surface area contributed by atoms with Crippen LogP contribution in [0.15, 0.2) is 64.3 Å². The Bertz CT molecular complexity index is 1710. The lowest BCUT2D eigenvalue weighted by molar-refractivity contribution is -0.150. The number of ether oxygens (including phenoxy) is 2. The normalized spacial score (nSPS) is 24.9. The Morgan fingerprint density at radius 1 is 1.23 bits per heavy atom. The molecule has 1 saturated heterocycles. The molecule has 14 heteroatoms. The Labute approximate surface area is 250 Å². The van der Waals surface area contributed by atoms with Gasteiger partial charge in [0.15, 0.2) is 11.9 Å². The van der Waals surface area contributed by atoms with Crippen LogP contribution in [0.25, 0.3) is 10.8 Å². The number of aliphatic hydroxyl groups is 1. The van der Waals surface area contributed by atoms with Gasteiger partial charge in [0, 0.05) is 17.6 Å². The number of esters is 1. The highest BCUT2D eigenvalue weighted by Crippen LogP contribution is 2.49. The number of fused-ring (bicyclic) bond motifs is 1. The second kappa shape index (κ2) is 13.1. The summed E-state index contributed by atoms with van der Waals surface area (Å²) in [4.78, 5) is 39.1. The average molecular weight is 624 g/mol. The van der Waals surface area contributed by atoms with E-state index in [-0.39, 0.29) is 18.1 Å². The maximum absolute atomic E-state index is 15.9. The van der Waals surface area contributed by atoms with Gasteiger partial charge in [-0.3, -0.25) is 23.7 Å². The van der Waals surface area contributed by atoms with Crippen molar-refractivity contribution in [3.63, 3.8) is 0 Å². The van der Waals surface area contributed by atoms with Crippen molar-refractivity contribution in [2.24, 2.45) is 5.92 Å². The maximum atomic E-state index is 15.9. The third-order valence-corrected chi connectivity index (χ3v) is 8.27. The van der Waals surface area contributed by atoms with E-state index in [1.807, 2.05) is 37.0 Å². The topological polar surface area (TPSA) is 158 Å². The molecule has 1 aromatic heterocycles. The van der Waals surface area contributed by atoms with Gasteiger partial charge < -0.3 is 19.1 Å². The van der Waals surface area contributed by atoms with Gasteiger partial charge in [0.1, 0.15) is 24.0 Å². The van der Waals surface area contributed by atoms with Gasteiger partial charge in [-0.25, -0.2) is 13.8 Å². The number of alkyl halides is 1. The van der Waals surface area contributed by atoms with Crippen LogP contribution in [0.3, 0.4) is 0 Å². The second-order valence-corrected chi connectivity index (χ2v) is 12.8. The quantitative estimate of drug-likeness (QED) is 0.200. The first kappa shape index (κ1) is 29.7. The van der Waals surface area contributed by atoms with Crippen molar-refractivity contribution >= 4 is 24.5 Å². The van der Waals surface area contributed by atoms with Crippen molar-refractivity contribution in [1.82, 2.24) is 14.6 Å². The van der Waals surface area contributed by atoms with E-state index in [1.54, 1.807) is 38.1 Å². The fraction of sp³-hybridized carbons (Fsp3) is 0.483. The van der Waals surface area contributed by atoms with E-state index in [1.165, 1.54) is 0 Å². The minimum Gasteiger partial charge on any atom is -0.462 e. The van der Waals surface area contributed by atoms with Crippen LogP contribution in [0.5, 0.6) is 5.75 Å². The molecule has 2 aromatic carbocycles. The molecule has 0 spiro atoms. The molecule has 0 saturated carbocycles. The Morgan fingerprint density at radius 3 is 2.63 bits per heavy atom. The number of aromatic amines is 1. The van der Waals surface area contributed by atoms with Crippen molar-refractivity contribution in [2.45, 2.75) is 77.3 Å². The Kier molecular flexibility index (Phi) is 9.06. The van der Waals surface area contributed by atoms with Crippen molar-refractivity contribution in [1.29, 1.82) is 0 Å². The van der Waals surface area contributed by atoms with Crippen LogP contribution in [0, 0.1) is 5.92 Å². The molecule has 1 aliphatic heterocycles. The minimum atomic E-state index is -4.55. The third-order valence-electron chi connectivity index (χ3n) is 6.72. The average Bonchev–Trinajstić information content (AvgIpc) is 3.17. The fourth-order valence-corrected chi connectivity index (χ4v) is 6.22. The number of nitrogens with one attached hydrogen (secondary N) is 2. The first-order valence-corrected chi connectivity index (χ1v) is 15.3. The highest BCUT2D eigenvalue weighted by Gasteiger charge is 2.56. The van der Waals surface area contributed by atoms with E-state index >= 15 is 4.39 Å². The summed E-state index contributed by atoms with van der Waals surface area (Å²) in [5, 5.41) is 14.9. The molecule has 0 radical (unpaired) electrons. The molecule has 234 valence electrons. The van der Waals surface area contributed by atoms with Gasteiger partial charge >= 0.3 is 19.4 Å². The Balaban J connectivity index is 1.68. The standard InChI is InChI=1S/C29H37FN3O9P/c1-17(2)15-21(26(36)40-18(3)4)32-43(38,42-22-12-8-10-19-9-6-7-11-20(19)22)39-16-23-25(35)29(5,30)27(41-23)33-14-13-24(34)31-28(33)37/h6-14,17-18,21,23,25,27,35H,15-16H2,1-5H3,(H,32,38)(H,31,34,37)/t21?,23-,25-,27-,29-,43?/m1/s1/i13D,14D. The first-order chi connectivity index (χ1) is 21.0. The molecule has 3 aromatic rings. The lowest BCUT2D eigenvalue weighted by Crippen LogP contribution is -2.44. The summed E-state index contributed by atoms with van der Waals surface area (Å²) in [7, 11) is -4.55.